The molecule has 1 saturated carbocycles. The van der Waals surface area contributed by atoms with E-state index in [0.717, 1.165) is 11.8 Å². The molecule has 0 nitrogen and oxygen atoms in total. The molecule has 1 aliphatic carbocycles. The highest BCUT2D eigenvalue weighted by atomic mass is 14.2. The van der Waals surface area contributed by atoms with Crippen molar-refractivity contribution in [3.63, 3.8) is 0 Å². The van der Waals surface area contributed by atoms with Crippen LogP contribution >= 0.6 is 0 Å². The normalized spacial score (nSPS) is 16.2. The number of rotatable bonds is 3. The first kappa shape index (κ1) is 15.3. The fraction of sp³-hybridized carbons (Fsp3) is 0.667. The second-order valence-corrected chi connectivity index (χ2v) is 6.00. The van der Waals surface area contributed by atoms with E-state index >= 15 is 0 Å². The molecule has 1 aromatic carbocycles. The zero-order chi connectivity index (χ0) is 13.2. The van der Waals surface area contributed by atoms with Crippen LogP contribution in [0.15, 0.2) is 30.3 Å². The lowest BCUT2D eigenvalue weighted by Gasteiger charge is -2.21. The first-order valence-electron chi connectivity index (χ1n) is 7.76. The van der Waals surface area contributed by atoms with Crippen molar-refractivity contribution >= 4 is 0 Å². The minimum atomic E-state index is 0.884. The lowest BCUT2D eigenvalue weighted by Crippen LogP contribution is -2.08. The van der Waals surface area contributed by atoms with Crippen molar-refractivity contribution < 1.29 is 0 Å². The maximum atomic E-state index is 2.26. The summed E-state index contributed by atoms with van der Waals surface area (Å²) in [6.45, 7) is 6.64. The Bertz CT molecular complexity index is 280. The maximum absolute atomic E-state index is 2.26. The second kappa shape index (κ2) is 9.19. The van der Waals surface area contributed by atoms with Crippen LogP contribution < -0.4 is 0 Å². The standard InChI is InChI=1S/C13H18.C5H12/c1-3-7-12(8-4-1)11-13-9-5-2-6-10-13;1-4-5(2)3/h1,3-4,7-8,13H,2,5-6,9-11H2;5H,4H2,1-3H3. The zero-order valence-electron chi connectivity index (χ0n) is 12.5. The molecule has 0 bridgehead atoms. The van der Waals surface area contributed by atoms with Crippen molar-refractivity contribution in [1.82, 2.24) is 0 Å². The minimum Gasteiger partial charge on any atom is -0.0651 e. The SMILES string of the molecule is CCC(C)C.c1ccc(CC2CCCCC2)cc1. The number of benzene rings is 1. The summed E-state index contributed by atoms with van der Waals surface area (Å²) < 4.78 is 0. The lowest BCUT2D eigenvalue weighted by molar-refractivity contribution is 0.356. The molecule has 0 aliphatic heterocycles. The first-order valence-corrected chi connectivity index (χ1v) is 7.76. The summed E-state index contributed by atoms with van der Waals surface area (Å²) in [6.07, 6.45) is 9.89. The van der Waals surface area contributed by atoms with E-state index in [-0.39, 0.29) is 0 Å². The Morgan fingerprint density at radius 3 is 2.06 bits per heavy atom. The van der Waals surface area contributed by atoms with E-state index in [2.05, 4.69) is 51.1 Å². The van der Waals surface area contributed by atoms with Gasteiger partial charge >= 0.3 is 0 Å². The van der Waals surface area contributed by atoms with Crippen molar-refractivity contribution in [3.8, 4) is 0 Å². The van der Waals surface area contributed by atoms with Crippen LogP contribution in [-0.4, -0.2) is 0 Å². The quantitative estimate of drug-likeness (QED) is 0.626. The van der Waals surface area contributed by atoms with Crippen molar-refractivity contribution in [1.29, 1.82) is 0 Å². The summed E-state index contributed by atoms with van der Waals surface area (Å²) in [4.78, 5) is 0. The van der Waals surface area contributed by atoms with Crippen molar-refractivity contribution in [2.24, 2.45) is 11.8 Å². The average Bonchev–Trinajstić information content (AvgIpc) is 2.42. The molecular weight excluding hydrogens is 216 g/mol. The molecule has 18 heavy (non-hydrogen) atoms. The molecule has 0 N–H and O–H groups in total. The fourth-order valence-electron chi connectivity index (χ4n) is 2.34. The fourth-order valence-corrected chi connectivity index (χ4v) is 2.34. The van der Waals surface area contributed by atoms with Gasteiger partial charge in [-0.25, -0.2) is 0 Å². The third-order valence-corrected chi connectivity index (χ3v) is 3.91. The Morgan fingerprint density at radius 1 is 1.00 bits per heavy atom. The molecule has 0 aromatic heterocycles. The Labute approximate surface area is 114 Å². The van der Waals surface area contributed by atoms with Crippen LogP contribution in [0.3, 0.4) is 0 Å². The summed E-state index contributed by atoms with van der Waals surface area (Å²) in [7, 11) is 0. The van der Waals surface area contributed by atoms with E-state index in [1.54, 1.807) is 0 Å². The Kier molecular flexibility index (Phi) is 7.80. The van der Waals surface area contributed by atoms with E-state index in [0.29, 0.717) is 0 Å². The van der Waals surface area contributed by atoms with Gasteiger partial charge < -0.3 is 0 Å². The van der Waals surface area contributed by atoms with E-state index in [1.165, 1.54) is 50.5 Å². The smallest absolute Gasteiger partial charge is 0.0250 e. The minimum absolute atomic E-state index is 0.884. The van der Waals surface area contributed by atoms with Crippen LogP contribution in [0.5, 0.6) is 0 Å². The van der Waals surface area contributed by atoms with Crippen LogP contribution in [0.1, 0.15) is 64.9 Å². The molecule has 0 radical (unpaired) electrons. The molecule has 0 saturated heterocycles. The van der Waals surface area contributed by atoms with E-state index in [4.69, 9.17) is 0 Å². The molecule has 1 aromatic rings. The van der Waals surface area contributed by atoms with Crippen molar-refractivity contribution in [3.05, 3.63) is 35.9 Å². The van der Waals surface area contributed by atoms with Gasteiger partial charge in [-0.2, -0.15) is 0 Å². The topological polar surface area (TPSA) is 0 Å². The monoisotopic (exact) mass is 246 g/mol. The largest absolute Gasteiger partial charge is 0.0651 e. The number of hydrogen-bond donors (Lipinski definition) is 0. The molecular formula is C18H30. The van der Waals surface area contributed by atoms with Crippen LogP contribution in [-0.2, 0) is 6.42 Å². The molecule has 102 valence electrons. The highest BCUT2D eigenvalue weighted by molar-refractivity contribution is 5.15. The van der Waals surface area contributed by atoms with Crippen LogP contribution in [0, 0.1) is 11.8 Å². The van der Waals surface area contributed by atoms with Gasteiger partial charge in [0.05, 0.1) is 0 Å². The highest BCUT2D eigenvalue weighted by Gasteiger charge is 2.13. The van der Waals surface area contributed by atoms with Crippen LogP contribution in [0.4, 0.5) is 0 Å². The van der Waals surface area contributed by atoms with Gasteiger partial charge in [-0.05, 0) is 23.8 Å². The summed E-state index contributed by atoms with van der Waals surface area (Å²) in [5.74, 6) is 1.85. The molecule has 0 heteroatoms. The molecule has 1 aliphatic rings. The van der Waals surface area contributed by atoms with E-state index in [9.17, 15) is 0 Å². The summed E-state index contributed by atoms with van der Waals surface area (Å²) >= 11 is 0. The Morgan fingerprint density at radius 2 is 1.56 bits per heavy atom. The third kappa shape index (κ3) is 6.83. The predicted octanol–water partition coefficient (Wildman–Crippen LogP) is 5.86. The van der Waals surface area contributed by atoms with Gasteiger partial charge in [0.15, 0.2) is 0 Å². The molecule has 2 rings (SSSR count). The van der Waals surface area contributed by atoms with Gasteiger partial charge in [0.25, 0.3) is 0 Å². The molecule has 0 spiro atoms. The maximum Gasteiger partial charge on any atom is -0.0250 e. The Hall–Kier alpha value is -0.780. The summed E-state index contributed by atoms with van der Waals surface area (Å²) in [6, 6.07) is 10.9. The third-order valence-electron chi connectivity index (χ3n) is 3.91. The molecule has 0 amide bonds. The van der Waals surface area contributed by atoms with Gasteiger partial charge in [0.1, 0.15) is 0 Å². The van der Waals surface area contributed by atoms with Gasteiger partial charge in [-0.1, -0.05) is 89.6 Å². The highest BCUT2D eigenvalue weighted by Crippen LogP contribution is 2.26. The number of hydrogen-bond acceptors (Lipinski definition) is 0. The van der Waals surface area contributed by atoms with E-state index in [1.807, 2.05) is 0 Å². The van der Waals surface area contributed by atoms with Crippen LogP contribution in [0.25, 0.3) is 0 Å². The molecule has 0 heterocycles. The van der Waals surface area contributed by atoms with Crippen LogP contribution in [0.2, 0.25) is 0 Å². The molecule has 0 unspecified atom stereocenters. The van der Waals surface area contributed by atoms with Gasteiger partial charge in [0, 0.05) is 0 Å². The van der Waals surface area contributed by atoms with Crippen molar-refractivity contribution in [2.45, 2.75) is 65.7 Å². The molecule has 1 fully saturated rings. The Balaban J connectivity index is 0.000000280. The van der Waals surface area contributed by atoms with Gasteiger partial charge in [-0.15, -0.1) is 0 Å². The predicted molar refractivity (Wildman–Crippen MR) is 81.9 cm³/mol. The average molecular weight is 246 g/mol. The zero-order valence-corrected chi connectivity index (χ0v) is 12.5. The lowest BCUT2D eigenvalue weighted by atomic mass is 9.85. The summed E-state index contributed by atoms with van der Waals surface area (Å²) in [5.41, 5.74) is 1.52. The second-order valence-electron chi connectivity index (χ2n) is 6.00. The van der Waals surface area contributed by atoms with Gasteiger partial charge in [0.2, 0.25) is 0 Å². The first-order chi connectivity index (χ1) is 8.72. The van der Waals surface area contributed by atoms with Crippen molar-refractivity contribution in [2.75, 3.05) is 0 Å². The van der Waals surface area contributed by atoms with Gasteiger partial charge in [-0.3, -0.25) is 0 Å². The summed E-state index contributed by atoms with van der Waals surface area (Å²) in [5, 5.41) is 0. The molecule has 0 atom stereocenters. The van der Waals surface area contributed by atoms with E-state index < -0.39 is 0 Å².